The monoisotopic (exact) mass is 203 g/mol. The highest BCUT2D eigenvalue weighted by Crippen LogP contribution is 2.27. The summed E-state index contributed by atoms with van der Waals surface area (Å²) in [5.74, 6) is 0.153. The molecule has 0 radical (unpaired) electrons. The maximum Gasteiger partial charge on any atom is 0.222 e. The number of benzene rings is 1. The van der Waals surface area contributed by atoms with Gasteiger partial charge in [-0.05, 0) is 16.5 Å². The second-order valence-corrected chi connectivity index (χ2v) is 5.20. The van der Waals surface area contributed by atoms with Gasteiger partial charge in [-0.1, -0.05) is 45.0 Å². The van der Waals surface area contributed by atoms with Crippen LogP contribution in [0.4, 0.5) is 0 Å². The quantitative estimate of drug-likeness (QED) is 0.698. The fraction of sp³-hybridized carbons (Fsp3) is 0.462. The fourth-order valence-corrected chi connectivity index (χ4v) is 1.78. The normalized spacial score (nSPS) is 20.7. The van der Waals surface area contributed by atoms with E-state index in [1.165, 1.54) is 11.1 Å². The van der Waals surface area contributed by atoms with Crippen molar-refractivity contribution in [3.63, 3.8) is 0 Å². The number of rotatable bonds is 1. The summed E-state index contributed by atoms with van der Waals surface area (Å²) in [5, 5.41) is 2.88. The van der Waals surface area contributed by atoms with E-state index in [1.54, 1.807) is 0 Å². The van der Waals surface area contributed by atoms with Crippen LogP contribution in [0.15, 0.2) is 24.3 Å². The topological polar surface area (TPSA) is 29.1 Å². The number of carbonyl (C=O) groups is 1. The maximum atomic E-state index is 10.8. The van der Waals surface area contributed by atoms with Gasteiger partial charge in [0.2, 0.25) is 5.91 Å². The molecule has 2 nitrogen and oxygen atoms in total. The Hall–Kier alpha value is -1.31. The van der Waals surface area contributed by atoms with E-state index in [4.69, 9.17) is 0 Å². The van der Waals surface area contributed by atoms with Crippen LogP contribution < -0.4 is 5.32 Å². The average Bonchev–Trinajstić information content (AvgIpc) is 2.12. The summed E-state index contributed by atoms with van der Waals surface area (Å²) in [6, 6.07) is 8.78. The third kappa shape index (κ3) is 2.04. The van der Waals surface area contributed by atoms with Crippen molar-refractivity contribution in [3.8, 4) is 0 Å². The third-order valence-corrected chi connectivity index (χ3v) is 2.90. The molecular weight excluding hydrogens is 186 g/mol. The first-order valence-electron chi connectivity index (χ1n) is 5.36. The number of hydrogen-bond donors (Lipinski definition) is 1. The van der Waals surface area contributed by atoms with Crippen LogP contribution in [0, 0.1) is 0 Å². The maximum absolute atomic E-state index is 10.8. The molecule has 0 spiro atoms. The lowest BCUT2D eigenvalue weighted by Crippen LogP contribution is -2.41. The second kappa shape index (κ2) is 3.37. The van der Waals surface area contributed by atoms with E-state index in [0.29, 0.717) is 6.42 Å². The first-order valence-corrected chi connectivity index (χ1v) is 5.36. The van der Waals surface area contributed by atoms with Crippen molar-refractivity contribution in [2.75, 3.05) is 0 Å². The van der Waals surface area contributed by atoms with Crippen LogP contribution in [-0.2, 0) is 10.2 Å². The zero-order chi connectivity index (χ0) is 11.1. The van der Waals surface area contributed by atoms with E-state index in [1.807, 2.05) is 0 Å². The van der Waals surface area contributed by atoms with Crippen LogP contribution in [0.5, 0.6) is 0 Å². The van der Waals surface area contributed by atoms with Gasteiger partial charge in [-0.3, -0.25) is 4.79 Å². The summed E-state index contributed by atoms with van der Waals surface area (Å²) in [5.41, 5.74) is 2.74. The van der Waals surface area contributed by atoms with Gasteiger partial charge in [0, 0.05) is 0 Å². The molecule has 1 N–H and O–H groups in total. The molecule has 2 rings (SSSR count). The van der Waals surface area contributed by atoms with E-state index in [-0.39, 0.29) is 17.4 Å². The van der Waals surface area contributed by atoms with Crippen LogP contribution in [0.1, 0.15) is 44.4 Å². The van der Waals surface area contributed by atoms with Gasteiger partial charge in [0.1, 0.15) is 0 Å². The molecule has 1 aromatic carbocycles. The molecule has 0 saturated carbocycles. The summed E-state index contributed by atoms with van der Waals surface area (Å²) < 4.78 is 0. The van der Waals surface area contributed by atoms with Crippen molar-refractivity contribution in [3.05, 3.63) is 35.4 Å². The van der Waals surface area contributed by atoms with Crippen molar-refractivity contribution in [2.24, 2.45) is 0 Å². The molecule has 1 atom stereocenters. The first kappa shape index (κ1) is 10.2. The van der Waals surface area contributed by atoms with Crippen LogP contribution in [0.2, 0.25) is 0 Å². The summed E-state index contributed by atoms with van der Waals surface area (Å²) >= 11 is 0. The molecule has 2 heteroatoms. The number of β-lactam (4-membered cyclic amide) rings is 1. The summed E-state index contributed by atoms with van der Waals surface area (Å²) in [7, 11) is 0. The van der Waals surface area contributed by atoms with Crippen LogP contribution in [0.3, 0.4) is 0 Å². The molecule has 1 heterocycles. The molecule has 1 fully saturated rings. The second-order valence-electron chi connectivity index (χ2n) is 5.20. The molecule has 80 valence electrons. The predicted octanol–water partition coefficient (Wildman–Crippen LogP) is 2.55. The Morgan fingerprint density at radius 3 is 2.13 bits per heavy atom. The molecule has 1 aromatic rings. The van der Waals surface area contributed by atoms with E-state index < -0.39 is 0 Å². The molecule has 1 saturated heterocycles. The summed E-state index contributed by atoms with van der Waals surface area (Å²) in [6.45, 7) is 6.60. The molecule has 15 heavy (non-hydrogen) atoms. The molecule has 0 bridgehead atoms. The minimum atomic E-state index is 0.153. The molecule has 1 aliphatic heterocycles. The molecule has 1 amide bonds. The predicted molar refractivity (Wildman–Crippen MR) is 60.6 cm³/mol. The van der Waals surface area contributed by atoms with Crippen LogP contribution >= 0.6 is 0 Å². The lowest BCUT2D eigenvalue weighted by Gasteiger charge is -2.28. The van der Waals surface area contributed by atoms with Gasteiger partial charge in [0.25, 0.3) is 0 Å². The standard InChI is InChI=1S/C13H17NO/c1-13(2,3)10-6-4-9(5-7-10)11-8-12(15)14-11/h4-7,11H,8H2,1-3H3,(H,14,15)/t11-/m0/s1. The van der Waals surface area contributed by atoms with Crippen molar-refractivity contribution in [2.45, 2.75) is 38.6 Å². The SMILES string of the molecule is CC(C)(C)c1ccc([C@@H]2CC(=O)N2)cc1. The van der Waals surface area contributed by atoms with Gasteiger partial charge < -0.3 is 5.32 Å². The Bertz CT molecular complexity index is 365. The Morgan fingerprint density at radius 2 is 1.73 bits per heavy atom. The minimum Gasteiger partial charge on any atom is -0.349 e. The van der Waals surface area contributed by atoms with Gasteiger partial charge in [-0.15, -0.1) is 0 Å². The fourth-order valence-electron chi connectivity index (χ4n) is 1.78. The minimum absolute atomic E-state index is 0.153. The van der Waals surface area contributed by atoms with Crippen LogP contribution in [-0.4, -0.2) is 5.91 Å². The number of amides is 1. The van der Waals surface area contributed by atoms with Crippen LogP contribution in [0.25, 0.3) is 0 Å². The lowest BCUT2D eigenvalue weighted by atomic mass is 9.85. The van der Waals surface area contributed by atoms with Crippen molar-refractivity contribution < 1.29 is 4.79 Å². The van der Waals surface area contributed by atoms with Gasteiger partial charge >= 0.3 is 0 Å². The highest BCUT2D eigenvalue weighted by Gasteiger charge is 2.26. The van der Waals surface area contributed by atoms with Gasteiger partial charge in [-0.2, -0.15) is 0 Å². The van der Waals surface area contributed by atoms with Gasteiger partial charge in [0.15, 0.2) is 0 Å². The highest BCUT2D eigenvalue weighted by molar-refractivity contribution is 5.83. The molecular formula is C13H17NO. The van der Waals surface area contributed by atoms with Gasteiger partial charge in [0.05, 0.1) is 12.5 Å². The molecule has 1 aliphatic rings. The van der Waals surface area contributed by atoms with Gasteiger partial charge in [-0.25, -0.2) is 0 Å². The Kier molecular flexibility index (Phi) is 2.29. The smallest absolute Gasteiger partial charge is 0.222 e. The van der Waals surface area contributed by atoms with E-state index in [2.05, 4.69) is 50.4 Å². The van der Waals surface area contributed by atoms with E-state index in [0.717, 1.165) is 0 Å². The molecule has 0 aromatic heterocycles. The Balaban J connectivity index is 2.14. The molecule has 0 aliphatic carbocycles. The van der Waals surface area contributed by atoms with E-state index in [9.17, 15) is 4.79 Å². The van der Waals surface area contributed by atoms with E-state index >= 15 is 0 Å². The zero-order valence-corrected chi connectivity index (χ0v) is 9.50. The number of carbonyl (C=O) groups excluding carboxylic acids is 1. The largest absolute Gasteiger partial charge is 0.349 e. The number of nitrogens with one attached hydrogen (secondary N) is 1. The van der Waals surface area contributed by atoms with Crippen molar-refractivity contribution in [1.29, 1.82) is 0 Å². The average molecular weight is 203 g/mol. The first-order chi connectivity index (χ1) is 6.97. The zero-order valence-electron chi connectivity index (χ0n) is 9.50. The highest BCUT2D eigenvalue weighted by atomic mass is 16.2. The van der Waals surface area contributed by atoms with Crippen molar-refractivity contribution in [1.82, 2.24) is 5.32 Å². The van der Waals surface area contributed by atoms with Crippen molar-refractivity contribution >= 4 is 5.91 Å². The summed E-state index contributed by atoms with van der Waals surface area (Å²) in [6.07, 6.45) is 0.634. The Morgan fingerprint density at radius 1 is 1.20 bits per heavy atom. The molecule has 0 unspecified atom stereocenters. The Labute approximate surface area is 90.7 Å². The third-order valence-electron chi connectivity index (χ3n) is 2.90. The lowest BCUT2D eigenvalue weighted by molar-refractivity contribution is -0.128. The number of hydrogen-bond acceptors (Lipinski definition) is 1. The summed E-state index contributed by atoms with van der Waals surface area (Å²) in [4.78, 5) is 10.8.